The topological polar surface area (TPSA) is 52.1 Å². The highest BCUT2D eigenvalue weighted by atomic mass is 17.2. The number of rotatable bonds is 5. The van der Waals surface area contributed by atoms with Crippen LogP contribution in [0.5, 0.6) is 0 Å². The molecule has 0 atom stereocenters. The fourth-order valence-corrected chi connectivity index (χ4v) is 2.53. The van der Waals surface area contributed by atoms with Gasteiger partial charge in [-0.25, -0.2) is 9.78 Å². The van der Waals surface area contributed by atoms with Crippen LogP contribution in [0.4, 0.5) is 0 Å². The average molecular weight is 307 g/mol. The van der Waals surface area contributed by atoms with Gasteiger partial charge in [-0.2, -0.15) is 5.26 Å². The van der Waals surface area contributed by atoms with Crippen molar-refractivity contribution in [3.8, 4) is 23.0 Å². The molecule has 0 fully saturated rings. The third kappa shape index (κ3) is 3.04. The molecule has 3 aromatic rings. The molecule has 23 heavy (non-hydrogen) atoms. The van der Waals surface area contributed by atoms with Gasteiger partial charge in [0.1, 0.15) is 12.7 Å². The Morgan fingerprint density at radius 3 is 2.52 bits per heavy atom. The first-order valence-corrected chi connectivity index (χ1v) is 7.21. The van der Waals surface area contributed by atoms with Crippen molar-refractivity contribution in [1.82, 2.24) is 9.13 Å². The summed E-state index contributed by atoms with van der Waals surface area (Å²) in [6.45, 7) is 0.403. The number of hydrogen-bond donors (Lipinski definition) is 0. The van der Waals surface area contributed by atoms with Gasteiger partial charge >= 0.3 is 0 Å². The number of aromatic nitrogens is 2. The molecule has 0 spiro atoms. The lowest BCUT2D eigenvalue weighted by molar-refractivity contribution is -0.282. The Bertz CT molecular complexity index is 838. The Balaban J connectivity index is 1.94. The molecule has 0 amide bonds. The molecule has 0 saturated carbocycles. The lowest BCUT2D eigenvalue weighted by Crippen LogP contribution is -1.94. The van der Waals surface area contributed by atoms with Crippen LogP contribution in [0, 0.1) is 11.3 Å². The molecule has 0 aliphatic rings. The first-order valence-electron chi connectivity index (χ1n) is 7.21. The van der Waals surface area contributed by atoms with Crippen LogP contribution < -0.4 is 0 Å². The Labute approximate surface area is 134 Å². The molecule has 0 radical (unpaired) electrons. The maximum atomic E-state index is 9.41. The van der Waals surface area contributed by atoms with E-state index in [2.05, 4.69) is 11.0 Å². The molecule has 0 aliphatic heterocycles. The van der Waals surface area contributed by atoms with Gasteiger partial charge in [-0.1, -0.05) is 12.1 Å². The first kappa shape index (κ1) is 15.1. The van der Waals surface area contributed by atoms with E-state index in [1.54, 1.807) is 0 Å². The van der Waals surface area contributed by atoms with Crippen molar-refractivity contribution >= 4 is 0 Å². The highest BCUT2D eigenvalue weighted by molar-refractivity contribution is 5.68. The number of benzene rings is 1. The van der Waals surface area contributed by atoms with Crippen molar-refractivity contribution in [3.05, 3.63) is 66.1 Å². The summed E-state index contributed by atoms with van der Waals surface area (Å²) >= 11 is 0. The monoisotopic (exact) mass is 307 g/mol. The second-order valence-corrected chi connectivity index (χ2v) is 5.20. The molecule has 116 valence electrons. The highest BCUT2D eigenvalue weighted by Crippen LogP contribution is 2.26. The second-order valence-electron chi connectivity index (χ2n) is 5.20. The van der Waals surface area contributed by atoms with Gasteiger partial charge in [-0.05, 0) is 29.8 Å². The zero-order chi connectivity index (χ0) is 16.2. The molecule has 0 aliphatic carbocycles. The number of nitrogens with zero attached hydrogens (tertiary/aromatic N) is 3. The van der Waals surface area contributed by atoms with E-state index in [4.69, 9.17) is 4.89 Å². The molecule has 0 unspecified atom stereocenters. The van der Waals surface area contributed by atoms with E-state index in [1.165, 1.54) is 7.11 Å². The molecule has 0 saturated heterocycles. The van der Waals surface area contributed by atoms with Crippen molar-refractivity contribution in [2.45, 2.75) is 6.61 Å². The summed E-state index contributed by atoms with van der Waals surface area (Å²) in [6, 6.07) is 14.2. The van der Waals surface area contributed by atoms with Gasteiger partial charge in [0.2, 0.25) is 0 Å². The summed E-state index contributed by atoms with van der Waals surface area (Å²) in [7, 11) is 3.46. The summed E-state index contributed by atoms with van der Waals surface area (Å²) in [5, 5.41) is 9.41. The lowest BCUT2D eigenvalue weighted by Gasteiger charge is -2.05. The molecule has 5 heteroatoms. The van der Waals surface area contributed by atoms with Crippen LogP contribution in [0.15, 0.2) is 55.0 Å². The van der Waals surface area contributed by atoms with Gasteiger partial charge in [0.25, 0.3) is 0 Å². The Kier molecular flexibility index (Phi) is 4.29. The molecule has 2 heterocycles. The van der Waals surface area contributed by atoms with E-state index in [9.17, 15) is 5.26 Å². The summed E-state index contributed by atoms with van der Waals surface area (Å²) in [5.74, 6) is 0. The molecular formula is C18H17N3O2. The van der Waals surface area contributed by atoms with E-state index >= 15 is 0 Å². The van der Waals surface area contributed by atoms with Crippen molar-refractivity contribution in [1.29, 1.82) is 5.26 Å². The predicted molar refractivity (Wildman–Crippen MR) is 86.7 cm³/mol. The largest absolute Gasteiger partial charge is 0.350 e. The van der Waals surface area contributed by atoms with Crippen LogP contribution in [0.25, 0.3) is 16.9 Å². The van der Waals surface area contributed by atoms with Crippen LogP contribution >= 0.6 is 0 Å². The van der Waals surface area contributed by atoms with E-state index < -0.39 is 0 Å². The van der Waals surface area contributed by atoms with Gasteiger partial charge in [0.15, 0.2) is 0 Å². The van der Waals surface area contributed by atoms with Crippen LogP contribution in [-0.4, -0.2) is 16.2 Å². The summed E-state index contributed by atoms with van der Waals surface area (Å²) < 4.78 is 3.97. The van der Waals surface area contributed by atoms with Crippen molar-refractivity contribution in [2.24, 2.45) is 7.05 Å². The smallest absolute Gasteiger partial charge is 0.107 e. The normalized spacial score (nSPS) is 10.7. The third-order valence-corrected chi connectivity index (χ3v) is 3.74. The lowest BCUT2D eigenvalue weighted by atomic mass is 10.1. The zero-order valence-electron chi connectivity index (χ0n) is 13.1. The van der Waals surface area contributed by atoms with Crippen LogP contribution in [-0.2, 0) is 23.4 Å². The molecule has 0 N–H and O–H groups in total. The second kappa shape index (κ2) is 6.53. The van der Waals surface area contributed by atoms with E-state index in [1.807, 2.05) is 71.2 Å². The first-order chi connectivity index (χ1) is 11.2. The molecular weight excluding hydrogens is 290 g/mol. The maximum absolute atomic E-state index is 9.41. The van der Waals surface area contributed by atoms with Crippen LogP contribution in [0.1, 0.15) is 11.1 Å². The number of hydrogen-bond acceptors (Lipinski definition) is 3. The van der Waals surface area contributed by atoms with Gasteiger partial charge in [0, 0.05) is 36.9 Å². The SMILES string of the molecule is COOCc1ccc(-n2cc(C#N)c(-c3cccn3C)c2)cc1. The summed E-state index contributed by atoms with van der Waals surface area (Å²) in [6.07, 6.45) is 5.80. The Morgan fingerprint density at radius 2 is 1.91 bits per heavy atom. The van der Waals surface area contributed by atoms with Gasteiger partial charge in [0.05, 0.1) is 18.4 Å². The fourth-order valence-electron chi connectivity index (χ4n) is 2.53. The van der Waals surface area contributed by atoms with E-state index in [-0.39, 0.29) is 0 Å². The average Bonchev–Trinajstić information content (AvgIpc) is 3.19. The maximum Gasteiger partial charge on any atom is 0.107 e. The summed E-state index contributed by atoms with van der Waals surface area (Å²) in [5.41, 5.74) is 4.60. The van der Waals surface area contributed by atoms with Gasteiger partial charge in [-0.3, -0.25) is 0 Å². The van der Waals surface area contributed by atoms with Crippen LogP contribution in [0.2, 0.25) is 0 Å². The number of nitriles is 1. The Morgan fingerprint density at radius 1 is 1.13 bits per heavy atom. The summed E-state index contributed by atoms with van der Waals surface area (Å²) in [4.78, 5) is 9.52. The van der Waals surface area contributed by atoms with Crippen molar-refractivity contribution in [3.63, 3.8) is 0 Å². The van der Waals surface area contributed by atoms with Crippen molar-refractivity contribution < 1.29 is 9.78 Å². The quantitative estimate of drug-likeness (QED) is 0.536. The highest BCUT2D eigenvalue weighted by Gasteiger charge is 2.12. The molecule has 3 rings (SSSR count). The minimum absolute atomic E-state index is 0.403. The van der Waals surface area contributed by atoms with E-state index in [0.717, 1.165) is 22.5 Å². The van der Waals surface area contributed by atoms with Gasteiger partial charge < -0.3 is 9.13 Å². The van der Waals surface area contributed by atoms with E-state index in [0.29, 0.717) is 12.2 Å². The Hall–Kier alpha value is -2.81. The molecule has 2 aromatic heterocycles. The fraction of sp³-hybridized carbons (Fsp3) is 0.167. The molecule has 1 aromatic carbocycles. The minimum Gasteiger partial charge on any atom is -0.350 e. The van der Waals surface area contributed by atoms with Crippen LogP contribution in [0.3, 0.4) is 0 Å². The minimum atomic E-state index is 0.403. The van der Waals surface area contributed by atoms with Crippen molar-refractivity contribution in [2.75, 3.05) is 7.11 Å². The third-order valence-electron chi connectivity index (χ3n) is 3.74. The predicted octanol–water partition coefficient (Wildman–Crippen LogP) is 3.43. The van der Waals surface area contributed by atoms with Gasteiger partial charge in [-0.15, -0.1) is 0 Å². The standard InChI is InChI=1S/C18H17N3O2/c1-20-9-3-4-18(20)17-12-21(11-15(17)10-19)16-7-5-14(6-8-16)13-23-22-2/h3-9,11-12H,13H2,1-2H3. The molecule has 5 nitrogen and oxygen atoms in total. The zero-order valence-corrected chi connectivity index (χ0v) is 13.1. The number of aryl methyl sites for hydroxylation is 1. The molecule has 0 bridgehead atoms.